The molecule has 31 heavy (non-hydrogen) atoms. The van der Waals surface area contributed by atoms with Gasteiger partial charge < -0.3 is 5.32 Å². The lowest BCUT2D eigenvalue weighted by atomic mass is 10.1. The van der Waals surface area contributed by atoms with Crippen molar-refractivity contribution in [3.05, 3.63) is 71.9 Å². The first-order valence-corrected chi connectivity index (χ1v) is 10.4. The van der Waals surface area contributed by atoms with Crippen LogP contribution in [0.1, 0.15) is 12.0 Å². The highest BCUT2D eigenvalue weighted by molar-refractivity contribution is 5.92. The largest absolute Gasteiger partial charge is 0.322 e. The molecule has 0 unspecified atom stereocenters. The lowest BCUT2D eigenvalue weighted by Gasteiger charge is -2.21. The highest BCUT2D eigenvalue weighted by Gasteiger charge is 2.19. The number of halogens is 2. The van der Waals surface area contributed by atoms with Gasteiger partial charge in [0.05, 0.1) is 24.1 Å². The molecule has 0 bridgehead atoms. The van der Waals surface area contributed by atoms with E-state index < -0.39 is 11.6 Å². The molecule has 0 atom stereocenters. The first kappa shape index (κ1) is 21.1. The SMILES string of the molecule is O=C(CN1CCCN(Cc2cn[nH]c2-c2ccccc2)CC1)Nc1ccc(F)cc1F. The summed E-state index contributed by atoms with van der Waals surface area (Å²) in [5.74, 6) is -1.75. The molecule has 4 rings (SSSR count). The van der Waals surface area contributed by atoms with Crippen LogP contribution in [0.4, 0.5) is 14.5 Å². The van der Waals surface area contributed by atoms with E-state index in [2.05, 4.69) is 37.4 Å². The lowest BCUT2D eigenvalue weighted by molar-refractivity contribution is -0.117. The Morgan fingerprint density at radius 2 is 1.81 bits per heavy atom. The Morgan fingerprint density at radius 1 is 1.03 bits per heavy atom. The molecule has 3 aromatic rings. The molecule has 1 aliphatic heterocycles. The summed E-state index contributed by atoms with van der Waals surface area (Å²) >= 11 is 0. The van der Waals surface area contributed by atoms with Crippen LogP contribution in [0.2, 0.25) is 0 Å². The van der Waals surface area contributed by atoms with Crippen LogP contribution in [-0.4, -0.2) is 58.6 Å². The second kappa shape index (κ2) is 9.80. The third-order valence-electron chi connectivity index (χ3n) is 5.43. The molecule has 1 amide bonds. The van der Waals surface area contributed by atoms with Crippen molar-refractivity contribution in [2.75, 3.05) is 38.0 Å². The van der Waals surface area contributed by atoms with Crippen LogP contribution >= 0.6 is 0 Å². The molecule has 6 nitrogen and oxygen atoms in total. The first-order chi connectivity index (χ1) is 15.1. The third kappa shape index (κ3) is 5.53. The number of carbonyl (C=O) groups excluding carboxylic acids is 1. The minimum absolute atomic E-state index is 0.00347. The van der Waals surface area contributed by atoms with E-state index in [0.29, 0.717) is 0 Å². The zero-order valence-corrected chi connectivity index (χ0v) is 17.2. The number of carbonyl (C=O) groups is 1. The van der Waals surface area contributed by atoms with Crippen molar-refractivity contribution in [3.8, 4) is 11.3 Å². The van der Waals surface area contributed by atoms with Crippen molar-refractivity contribution in [2.24, 2.45) is 0 Å². The maximum atomic E-state index is 13.8. The molecule has 162 valence electrons. The zero-order valence-electron chi connectivity index (χ0n) is 17.2. The Balaban J connectivity index is 1.31. The number of hydrogen-bond acceptors (Lipinski definition) is 4. The van der Waals surface area contributed by atoms with Crippen LogP contribution in [0.15, 0.2) is 54.7 Å². The summed E-state index contributed by atoms with van der Waals surface area (Å²) in [6, 6.07) is 13.2. The molecule has 0 saturated carbocycles. The van der Waals surface area contributed by atoms with E-state index in [1.54, 1.807) is 0 Å². The Hall–Kier alpha value is -3.10. The maximum absolute atomic E-state index is 13.8. The van der Waals surface area contributed by atoms with Crippen LogP contribution in [0, 0.1) is 11.6 Å². The lowest BCUT2D eigenvalue weighted by Crippen LogP contribution is -2.36. The van der Waals surface area contributed by atoms with E-state index in [-0.39, 0.29) is 18.1 Å². The Bertz CT molecular complexity index is 1020. The van der Waals surface area contributed by atoms with Gasteiger partial charge in [-0.05, 0) is 37.2 Å². The molecule has 0 radical (unpaired) electrons. The zero-order chi connectivity index (χ0) is 21.6. The topological polar surface area (TPSA) is 64.3 Å². The molecule has 2 heterocycles. The van der Waals surface area contributed by atoms with Gasteiger partial charge in [-0.2, -0.15) is 5.10 Å². The molecule has 1 saturated heterocycles. The van der Waals surface area contributed by atoms with Crippen molar-refractivity contribution >= 4 is 11.6 Å². The summed E-state index contributed by atoms with van der Waals surface area (Å²) in [4.78, 5) is 16.7. The van der Waals surface area contributed by atoms with Crippen LogP contribution in [0.3, 0.4) is 0 Å². The fourth-order valence-electron chi connectivity index (χ4n) is 3.85. The van der Waals surface area contributed by atoms with Crippen molar-refractivity contribution in [2.45, 2.75) is 13.0 Å². The van der Waals surface area contributed by atoms with Crippen LogP contribution in [0.5, 0.6) is 0 Å². The van der Waals surface area contributed by atoms with Gasteiger partial charge in [0, 0.05) is 31.3 Å². The normalized spacial score (nSPS) is 15.5. The fourth-order valence-corrected chi connectivity index (χ4v) is 3.85. The summed E-state index contributed by atoms with van der Waals surface area (Å²) in [7, 11) is 0. The number of benzene rings is 2. The van der Waals surface area contributed by atoms with Crippen molar-refractivity contribution in [1.29, 1.82) is 0 Å². The number of rotatable bonds is 6. The van der Waals surface area contributed by atoms with E-state index >= 15 is 0 Å². The van der Waals surface area contributed by atoms with Gasteiger partial charge in [-0.25, -0.2) is 8.78 Å². The third-order valence-corrected chi connectivity index (χ3v) is 5.43. The van der Waals surface area contributed by atoms with E-state index in [0.717, 1.165) is 68.1 Å². The van der Waals surface area contributed by atoms with Crippen LogP contribution < -0.4 is 5.32 Å². The molecule has 0 aliphatic carbocycles. The Labute approximate surface area is 179 Å². The van der Waals surface area contributed by atoms with Gasteiger partial charge in [-0.1, -0.05) is 30.3 Å². The van der Waals surface area contributed by atoms with Crippen molar-refractivity contribution in [1.82, 2.24) is 20.0 Å². The Morgan fingerprint density at radius 3 is 2.61 bits per heavy atom. The van der Waals surface area contributed by atoms with Gasteiger partial charge >= 0.3 is 0 Å². The summed E-state index contributed by atoms with van der Waals surface area (Å²) in [5, 5.41) is 9.85. The summed E-state index contributed by atoms with van der Waals surface area (Å²) in [6.07, 6.45) is 2.80. The highest BCUT2D eigenvalue weighted by Crippen LogP contribution is 2.22. The number of aromatic nitrogens is 2. The molecule has 8 heteroatoms. The predicted molar refractivity (Wildman–Crippen MR) is 115 cm³/mol. The second-order valence-corrected chi connectivity index (χ2v) is 7.71. The smallest absolute Gasteiger partial charge is 0.238 e. The number of aromatic amines is 1. The van der Waals surface area contributed by atoms with Gasteiger partial charge in [0.15, 0.2) is 0 Å². The van der Waals surface area contributed by atoms with Gasteiger partial charge in [0.25, 0.3) is 0 Å². The number of anilines is 1. The number of hydrogen-bond donors (Lipinski definition) is 2. The van der Waals surface area contributed by atoms with Crippen molar-refractivity contribution < 1.29 is 13.6 Å². The minimum atomic E-state index is -0.773. The van der Waals surface area contributed by atoms with Crippen LogP contribution in [-0.2, 0) is 11.3 Å². The second-order valence-electron chi connectivity index (χ2n) is 7.71. The fraction of sp³-hybridized carbons (Fsp3) is 0.304. The van der Waals surface area contributed by atoms with E-state index in [9.17, 15) is 13.6 Å². The monoisotopic (exact) mass is 425 g/mol. The number of H-pyrrole nitrogens is 1. The van der Waals surface area contributed by atoms with E-state index in [4.69, 9.17) is 0 Å². The molecular weight excluding hydrogens is 400 g/mol. The summed E-state index contributed by atoms with van der Waals surface area (Å²) in [5.41, 5.74) is 3.28. The van der Waals surface area contributed by atoms with Gasteiger partial charge in [0.2, 0.25) is 5.91 Å². The average molecular weight is 425 g/mol. The van der Waals surface area contributed by atoms with Gasteiger partial charge in [-0.3, -0.25) is 19.7 Å². The standard InChI is InChI=1S/C23H25F2N5O/c24-19-7-8-21(20(25)13-19)27-22(31)16-30-10-4-9-29(11-12-30)15-18-14-26-28-23(18)17-5-2-1-3-6-17/h1-3,5-8,13-14H,4,9-12,15-16H2,(H,26,28)(H,27,31). The molecule has 2 aromatic carbocycles. The quantitative estimate of drug-likeness (QED) is 0.635. The predicted octanol–water partition coefficient (Wildman–Crippen LogP) is 3.50. The number of nitrogens with zero attached hydrogens (tertiary/aromatic N) is 3. The van der Waals surface area contributed by atoms with Gasteiger partial charge in [0.1, 0.15) is 11.6 Å². The van der Waals surface area contributed by atoms with Crippen molar-refractivity contribution in [3.63, 3.8) is 0 Å². The van der Waals surface area contributed by atoms with Crippen LogP contribution in [0.25, 0.3) is 11.3 Å². The van der Waals surface area contributed by atoms with E-state index in [1.165, 1.54) is 6.07 Å². The molecule has 1 fully saturated rings. The number of nitrogens with one attached hydrogen (secondary N) is 2. The average Bonchev–Trinajstić information content (AvgIpc) is 3.11. The molecule has 1 aromatic heterocycles. The molecule has 2 N–H and O–H groups in total. The molecule has 0 spiro atoms. The Kier molecular flexibility index (Phi) is 6.69. The summed E-state index contributed by atoms with van der Waals surface area (Å²) in [6.45, 7) is 4.21. The maximum Gasteiger partial charge on any atom is 0.238 e. The van der Waals surface area contributed by atoms with Gasteiger partial charge in [-0.15, -0.1) is 0 Å². The first-order valence-electron chi connectivity index (χ1n) is 10.4. The number of amides is 1. The molecule has 1 aliphatic rings. The molecular formula is C23H25F2N5O. The van der Waals surface area contributed by atoms with E-state index in [1.807, 2.05) is 24.4 Å². The minimum Gasteiger partial charge on any atom is -0.322 e. The summed E-state index contributed by atoms with van der Waals surface area (Å²) < 4.78 is 26.8. The highest BCUT2D eigenvalue weighted by atomic mass is 19.1.